The van der Waals surface area contributed by atoms with Gasteiger partial charge in [-0.05, 0) is 61.7 Å². The van der Waals surface area contributed by atoms with Gasteiger partial charge in [-0.1, -0.05) is 30.3 Å². The minimum absolute atomic E-state index is 0.330. The molecular weight excluding hydrogens is 272 g/mol. The lowest BCUT2D eigenvalue weighted by atomic mass is 9.91. The van der Waals surface area contributed by atoms with Gasteiger partial charge in [-0.25, -0.2) is 0 Å². The summed E-state index contributed by atoms with van der Waals surface area (Å²) in [6.07, 6.45) is 2.43. The number of rotatable bonds is 5. The number of fused-ring (bicyclic) bond motifs is 1. The Labute approximate surface area is 133 Å². The Hall–Kier alpha value is -1.58. The average Bonchev–Trinajstić information content (AvgIpc) is 2.55. The minimum Gasteiger partial charge on any atom is -0.492 e. The van der Waals surface area contributed by atoms with E-state index in [0.717, 1.165) is 32.0 Å². The summed E-state index contributed by atoms with van der Waals surface area (Å²) in [7, 11) is 0. The molecule has 0 radical (unpaired) electrons. The number of benzene rings is 2. The molecule has 0 saturated carbocycles. The van der Waals surface area contributed by atoms with Crippen LogP contribution in [0.4, 0.5) is 0 Å². The van der Waals surface area contributed by atoms with E-state index in [9.17, 15) is 0 Å². The van der Waals surface area contributed by atoms with Crippen LogP contribution in [0, 0.1) is 5.92 Å². The fourth-order valence-electron chi connectivity index (χ4n) is 3.25. The van der Waals surface area contributed by atoms with Gasteiger partial charge in [0.15, 0.2) is 0 Å². The molecule has 1 aliphatic rings. The Bertz CT molecular complexity index is 603. The molecule has 1 heterocycles. The third-order valence-electron chi connectivity index (χ3n) is 4.77. The summed E-state index contributed by atoms with van der Waals surface area (Å²) in [5, 5.41) is 2.49. The van der Waals surface area contributed by atoms with Crippen LogP contribution in [0.2, 0.25) is 0 Å². The first-order chi connectivity index (χ1) is 10.7. The third kappa shape index (κ3) is 3.79. The highest BCUT2D eigenvalue weighted by atomic mass is 16.5. The van der Waals surface area contributed by atoms with Crippen molar-refractivity contribution in [3.8, 4) is 5.75 Å². The molecule has 1 unspecified atom stereocenters. The van der Waals surface area contributed by atoms with Crippen molar-refractivity contribution in [3.63, 3.8) is 0 Å². The predicted octanol–water partition coefficient (Wildman–Crippen LogP) is 3.28. The van der Waals surface area contributed by atoms with Crippen LogP contribution < -0.4 is 10.5 Å². The Balaban J connectivity index is 1.46. The summed E-state index contributed by atoms with van der Waals surface area (Å²) in [6.45, 7) is 6.17. The van der Waals surface area contributed by atoms with Gasteiger partial charge in [0.1, 0.15) is 12.4 Å². The summed E-state index contributed by atoms with van der Waals surface area (Å²) < 4.78 is 5.92. The van der Waals surface area contributed by atoms with Gasteiger partial charge in [-0.2, -0.15) is 0 Å². The number of hydrogen-bond acceptors (Lipinski definition) is 3. The van der Waals surface area contributed by atoms with Gasteiger partial charge in [0, 0.05) is 12.6 Å². The van der Waals surface area contributed by atoms with Crippen LogP contribution in [0.25, 0.3) is 10.8 Å². The van der Waals surface area contributed by atoms with Crippen molar-refractivity contribution in [1.29, 1.82) is 0 Å². The quantitative estimate of drug-likeness (QED) is 0.920. The number of hydrogen-bond donors (Lipinski definition) is 1. The van der Waals surface area contributed by atoms with Crippen LogP contribution in [0.1, 0.15) is 19.8 Å². The molecule has 22 heavy (non-hydrogen) atoms. The van der Waals surface area contributed by atoms with Crippen LogP contribution in [0.5, 0.6) is 5.75 Å². The van der Waals surface area contributed by atoms with Gasteiger partial charge in [-0.15, -0.1) is 0 Å². The molecule has 3 rings (SSSR count). The number of nitrogens with zero attached hydrogens (tertiary/aromatic N) is 1. The summed E-state index contributed by atoms with van der Waals surface area (Å²) in [5.74, 6) is 1.65. The van der Waals surface area contributed by atoms with Crippen LogP contribution in [-0.4, -0.2) is 37.2 Å². The number of ether oxygens (including phenoxy) is 1. The Morgan fingerprint density at radius 3 is 2.59 bits per heavy atom. The Morgan fingerprint density at radius 2 is 1.86 bits per heavy atom. The molecule has 118 valence electrons. The molecule has 3 nitrogen and oxygen atoms in total. The molecule has 0 aromatic heterocycles. The van der Waals surface area contributed by atoms with Crippen LogP contribution in [0.15, 0.2) is 42.5 Å². The zero-order valence-electron chi connectivity index (χ0n) is 13.4. The van der Waals surface area contributed by atoms with Gasteiger partial charge < -0.3 is 10.5 Å². The van der Waals surface area contributed by atoms with Crippen LogP contribution in [-0.2, 0) is 0 Å². The molecule has 1 atom stereocenters. The monoisotopic (exact) mass is 298 g/mol. The molecule has 0 bridgehead atoms. The van der Waals surface area contributed by atoms with Gasteiger partial charge in [0.2, 0.25) is 0 Å². The van der Waals surface area contributed by atoms with Crippen molar-refractivity contribution in [2.75, 3.05) is 26.2 Å². The molecule has 3 heteroatoms. The minimum atomic E-state index is 0.330. The first-order valence-corrected chi connectivity index (χ1v) is 8.32. The lowest BCUT2D eigenvalue weighted by Crippen LogP contribution is -2.41. The SMILES string of the molecule is CC(N)C1CCN(CCOc2ccc3ccccc3c2)CC1. The fourth-order valence-corrected chi connectivity index (χ4v) is 3.25. The third-order valence-corrected chi connectivity index (χ3v) is 4.77. The molecule has 2 aromatic carbocycles. The fraction of sp³-hybridized carbons (Fsp3) is 0.474. The number of nitrogens with two attached hydrogens (primary N) is 1. The van der Waals surface area contributed by atoms with Crippen molar-refractivity contribution in [2.24, 2.45) is 11.7 Å². The van der Waals surface area contributed by atoms with Gasteiger partial charge in [0.25, 0.3) is 0 Å². The van der Waals surface area contributed by atoms with E-state index in [1.54, 1.807) is 0 Å². The van der Waals surface area contributed by atoms with E-state index in [1.807, 2.05) is 0 Å². The molecule has 1 saturated heterocycles. The summed E-state index contributed by atoms with van der Waals surface area (Å²) in [6, 6.07) is 15.0. The maximum atomic E-state index is 5.99. The van der Waals surface area contributed by atoms with Crippen LogP contribution in [0.3, 0.4) is 0 Å². The standard InChI is InChI=1S/C19H26N2O/c1-15(20)16-8-10-21(11-9-16)12-13-22-19-7-6-17-4-2-3-5-18(17)14-19/h2-7,14-16H,8-13,20H2,1H3. The Kier molecular flexibility index (Phi) is 4.96. The normalized spacial score (nSPS) is 18.5. The maximum Gasteiger partial charge on any atom is 0.120 e. The van der Waals surface area contributed by atoms with Crippen molar-refractivity contribution in [3.05, 3.63) is 42.5 Å². The van der Waals surface area contributed by atoms with Crippen LogP contribution >= 0.6 is 0 Å². The molecule has 1 fully saturated rings. The topological polar surface area (TPSA) is 38.5 Å². The molecule has 0 spiro atoms. The molecule has 2 aromatic rings. The van der Waals surface area contributed by atoms with E-state index in [4.69, 9.17) is 10.5 Å². The molecular formula is C19H26N2O. The largest absolute Gasteiger partial charge is 0.492 e. The first kappa shape index (κ1) is 15.3. The second-order valence-corrected chi connectivity index (χ2v) is 6.40. The Morgan fingerprint density at radius 1 is 1.14 bits per heavy atom. The molecule has 2 N–H and O–H groups in total. The van der Waals surface area contributed by atoms with E-state index < -0.39 is 0 Å². The predicted molar refractivity (Wildman–Crippen MR) is 92.3 cm³/mol. The lowest BCUT2D eigenvalue weighted by Gasteiger charge is -2.33. The first-order valence-electron chi connectivity index (χ1n) is 8.32. The van der Waals surface area contributed by atoms with E-state index in [0.29, 0.717) is 12.0 Å². The number of likely N-dealkylation sites (tertiary alicyclic amines) is 1. The highest BCUT2D eigenvalue weighted by Gasteiger charge is 2.21. The molecule has 1 aliphatic heterocycles. The summed E-state index contributed by atoms with van der Waals surface area (Å²) in [4.78, 5) is 2.49. The highest BCUT2D eigenvalue weighted by Crippen LogP contribution is 2.21. The van der Waals surface area contributed by atoms with Gasteiger partial charge in [0.05, 0.1) is 0 Å². The van der Waals surface area contributed by atoms with E-state index >= 15 is 0 Å². The molecule has 0 aliphatic carbocycles. The summed E-state index contributed by atoms with van der Waals surface area (Å²) >= 11 is 0. The van der Waals surface area contributed by atoms with Crippen molar-refractivity contribution >= 4 is 10.8 Å². The number of piperidine rings is 1. The van der Waals surface area contributed by atoms with E-state index in [2.05, 4.69) is 54.3 Å². The smallest absolute Gasteiger partial charge is 0.120 e. The van der Waals surface area contributed by atoms with Crippen molar-refractivity contribution in [1.82, 2.24) is 4.90 Å². The van der Waals surface area contributed by atoms with E-state index in [-0.39, 0.29) is 0 Å². The molecule has 0 amide bonds. The summed E-state index contributed by atoms with van der Waals surface area (Å²) in [5.41, 5.74) is 5.99. The van der Waals surface area contributed by atoms with Gasteiger partial charge in [-0.3, -0.25) is 4.90 Å². The zero-order chi connectivity index (χ0) is 15.4. The van der Waals surface area contributed by atoms with Gasteiger partial charge >= 0.3 is 0 Å². The average molecular weight is 298 g/mol. The second-order valence-electron chi connectivity index (χ2n) is 6.40. The highest BCUT2D eigenvalue weighted by molar-refractivity contribution is 5.83. The van der Waals surface area contributed by atoms with Crippen molar-refractivity contribution in [2.45, 2.75) is 25.8 Å². The van der Waals surface area contributed by atoms with E-state index in [1.165, 1.54) is 23.6 Å². The maximum absolute atomic E-state index is 5.99. The van der Waals surface area contributed by atoms with Crippen molar-refractivity contribution < 1.29 is 4.74 Å². The zero-order valence-corrected chi connectivity index (χ0v) is 13.4. The second kappa shape index (κ2) is 7.12. The lowest BCUT2D eigenvalue weighted by molar-refractivity contribution is 0.147.